The van der Waals surface area contributed by atoms with Crippen LogP contribution in [0.4, 0.5) is 4.79 Å². The van der Waals surface area contributed by atoms with E-state index in [0.29, 0.717) is 18.6 Å². The van der Waals surface area contributed by atoms with Gasteiger partial charge >= 0.3 is 6.03 Å². The van der Waals surface area contributed by atoms with Gasteiger partial charge in [0.2, 0.25) is 0 Å². The molecule has 1 aromatic rings. The Kier molecular flexibility index (Phi) is 6.17. The van der Waals surface area contributed by atoms with Crippen molar-refractivity contribution >= 4 is 17.4 Å². The van der Waals surface area contributed by atoms with Crippen LogP contribution in [0.25, 0.3) is 0 Å². The normalized spacial score (nSPS) is 26.2. The Labute approximate surface area is 150 Å². The Morgan fingerprint density at radius 1 is 1.38 bits per heavy atom. The van der Waals surface area contributed by atoms with E-state index >= 15 is 0 Å². The maximum Gasteiger partial charge on any atom is 0.317 e. The molecule has 2 heterocycles. The molecular formula is C19H31N3OS. The average Bonchev–Trinajstić information content (AvgIpc) is 3.28. The predicted octanol–water partition coefficient (Wildman–Crippen LogP) is 4.11. The van der Waals surface area contributed by atoms with Crippen LogP contribution in [-0.2, 0) is 0 Å². The van der Waals surface area contributed by atoms with E-state index < -0.39 is 0 Å². The quantitative estimate of drug-likeness (QED) is 0.868. The van der Waals surface area contributed by atoms with E-state index in [0.717, 1.165) is 31.8 Å². The fraction of sp³-hybridized carbons (Fsp3) is 0.737. The molecule has 0 bridgehead atoms. The molecule has 5 heteroatoms. The summed E-state index contributed by atoms with van der Waals surface area (Å²) < 4.78 is 0. The van der Waals surface area contributed by atoms with Crippen LogP contribution in [0.2, 0.25) is 0 Å². The van der Waals surface area contributed by atoms with Gasteiger partial charge in [-0.15, -0.1) is 11.3 Å². The van der Waals surface area contributed by atoms with Gasteiger partial charge in [0.1, 0.15) is 0 Å². The fourth-order valence-electron chi connectivity index (χ4n) is 4.17. The van der Waals surface area contributed by atoms with Crippen molar-refractivity contribution in [3.8, 4) is 0 Å². The molecule has 2 aliphatic rings. The number of nitrogens with zero attached hydrogens (tertiary/aromatic N) is 2. The van der Waals surface area contributed by atoms with Gasteiger partial charge in [0.15, 0.2) is 0 Å². The number of nitrogens with one attached hydrogen (secondary N) is 1. The zero-order chi connectivity index (χ0) is 16.9. The van der Waals surface area contributed by atoms with Crippen molar-refractivity contribution in [3.05, 3.63) is 22.4 Å². The highest BCUT2D eigenvalue weighted by Gasteiger charge is 2.28. The first-order valence-electron chi connectivity index (χ1n) is 9.43. The highest BCUT2D eigenvalue weighted by Crippen LogP contribution is 2.29. The first kappa shape index (κ1) is 17.7. The van der Waals surface area contributed by atoms with Crippen LogP contribution in [-0.4, -0.2) is 48.6 Å². The maximum atomic E-state index is 12.6. The Bertz CT molecular complexity index is 513. The van der Waals surface area contributed by atoms with Gasteiger partial charge in [0, 0.05) is 24.5 Å². The second-order valence-corrected chi connectivity index (χ2v) is 8.48. The largest absolute Gasteiger partial charge is 0.336 e. The van der Waals surface area contributed by atoms with Crippen LogP contribution in [0.15, 0.2) is 17.5 Å². The number of hydrogen-bond acceptors (Lipinski definition) is 3. The van der Waals surface area contributed by atoms with E-state index in [1.54, 1.807) is 11.3 Å². The lowest BCUT2D eigenvalue weighted by Crippen LogP contribution is -2.47. The highest BCUT2D eigenvalue weighted by atomic mass is 32.1. The van der Waals surface area contributed by atoms with Gasteiger partial charge in [0.05, 0.1) is 6.04 Å². The SMILES string of the molecule is CC1CCCC(N(C)C(=O)NCC(c2cccs2)N2CCCC2)C1. The maximum absolute atomic E-state index is 12.6. The minimum atomic E-state index is 0.0925. The molecule has 1 aliphatic heterocycles. The second-order valence-electron chi connectivity index (χ2n) is 7.50. The molecule has 3 rings (SSSR count). The molecule has 3 unspecified atom stereocenters. The zero-order valence-corrected chi connectivity index (χ0v) is 15.9. The van der Waals surface area contributed by atoms with Gasteiger partial charge in [-0.1, -0.05) is 25.8 Å². The van der Waals surface area contributed by atoms with E-state index in [-0.39, 0.29) is 6.03 Å². The number of carbonyl (C=O) groups is 1. The van der Waals surface area contributed by atoms with Gasteiger partial charge in [-0.3, -0.25) is 4.90 Å². The molecule has 3 atom stereocenters. The van der Waals surface area contributed by atoms with Crippen LogP contribution >= 0.6 is 11.3 Å². The molecule has 2 amide bonds. The fourth-order valence-corrected chi connectivity index (χ4v) is 5.03. The molecule has 2 fully saturated rings. The van der Waals surface area contributed by atoms with Crippen molar-refractivity contribution in [2.24, 2.45) is 5.92 Å². The molecular weight excluding hydrogens is 318 g/mol. The molecule has 24 heavy (non-hydrogen) atoms. The molecule has 1 saturated carbocycles. The number of likely N-dealkylation sites (tertiary alicyclic amines) is 1. The molecule has 4 nitrogen and oxygen atoms in total. The molecule has 1 aromatic heterocycles. The van der Waals surface area contributed by atoms with Crippen molar-refractivity contribution < 1.29 is 4.79 Å². The van der Waals surface area contributed by atoms with Crippen LogP contribution < -0.4 is 5.32 Å². The molecule has 0 aromatic carbocycles. The lowest BCUT2D eigenvalue weighted by molar-refractivity contribution is 0.156. The van der Waals surface area contributed by atoms with E-state index in [4.69, 9.17) is 0 Å². The number of carbonyl (C=O) groups excluding carboxylic acids is 1. The summed E-state index contributed by atoms with van der Waals surface area (Å²) in [6.07, 6.45) is 7.39. The van der Waals surface area contributed by atoms with Crippen LogP contribution in [0, 0.1) is 5.92 Å². The monoisotopic (exact) mass is 349 g/mol. The van der Waals surface area contributed by atoms with Crippen LogP contribution in [0.5, 0.6) is 0 Å². The minimum Gasteiger partial charge on any atom is -0.336 e. The Balaban J connectivity index is 1.56. The molecule has 0 spiro atoms. The third kappa shape index (κ3) is 4.31. The smallest absolute Gasteiger partial charge is 0.317 e. The minimum absolute atomic E-state index is 0.0925. The summed E-state index contributed by atoms with van der Waals surface area (Å²) in [5, 5.41) is 5.35. The molecule has 134 valence electrons. The number of hydrogen-bond donors (Lipinski definition) is 1. The van der Waals surface area contributed by atoms with Crippen molar-refractivity contribution in [2.75, 3.05) is 26.7 Å². The molecule has 0 radical (unpaired) electrons. The summed E-state index contributed by atoms with van der Waals surface area (Å²) in [4.78, 5) is 18.5. The number of urea groups is 1. The summed E-state index contributed by atoms with van der Waals surface area (Å²) in [6.45, 7) is 5.31. The average molecular weight is 350 g/mol. The summed E-state index contributed by atoms with van der Waals surface area (Å²) in [5.74, 6) is 0.738. The molecule has 1 aliphatic carbocycles. The lowest BCUT2D eigenvalue weighted by Gasteiger charge is -2.35. The number of amides is 2. The standard InChI is InChI=1S/C19H31N3OS/c1-15-7-5-8-16(13-15)21(2)19(23)20-14-17(18-9-6-12-24-18)22-10-3-4-11-22/h6,9,12,15-17H,3-5,7-8,10-11,13-14H2,1-2H3,(H,20,23). The van der Waals surface area contributed by atoms with E-state index in [9.17, 15) is 4.79 Å². The van der Waals surface area contributed by atoms with Gasteiger partial charge in [0.25, 0.3) is 0 Å². The van der Waals surface area contributed by atoms with Crippen molar-refractivity contribution in [3.63, 3.8) is 0 Å². The van der Waals surface area contributed by atoms with Gasteiger partial charge in [-0.2, -0.15) is 0 Å². The van der Waals surface area contributed by atoms with Gasteiger partial charge in [-0.25, -0.2) is 4.79 Å². The third-order valence-corrected chi connectivity index (χ3v) is 6.65. The zero-order valence-electron chi connectivity index (χ0n) is 15.0. The summed E-state index contributed by atoms with van der Waals surface area (Å²) in [5.41, 5.74) is 0. The van der Waals surface area contributed by atoms with E-state index in [1.807, 2.05) is 11.9 Å². The molecule has 1 N–H and O–H groups in total. The Morgan fingerprint density at radius 2 is 2.17 bits per heavy atom. The van der Waals surface area contributed by atoms with Crippen molar-refractivity contribution in [1.29, 1.82) is 0 Å². The van der Waals surface area contributed by atoms with Crippen molar-refractivity contribution in [2.45, 2.75) is 57.5 Å². The van der Waals surface area contributed by atoms with E-state index in [2.05, 4.69) is 34.7 Å². The molecule has 1 saturated heterocycles. The number of rotatable bonds is 5. The summed E-state index contributed by atoms with van der Waals surface area (Å²) >= 11 is 1.80. The van der Waals surface area contributed by atoms with Crippen LogP contribution in [0.3, 0.4) is 0 Å². The lowest BCUT2D eigenvalue weighted by atomic mass is 9.86. The van der Waals surface area contributed by atoms with E-state index in [1.165, 1.54) is 30.6 Å². The summed E-state index contributed by atoms with van der Waals surface area (Å²) in [6, 6.07) is 5.14. The Hall–Kier alpha value is -1.07. The third-order valence-electron chi connectivity index (χ3n) is 5.68. The van der Waals surface area contributed by atoms with Gasteiger partial charge < -0.3 is 10.2 Å². The second kappa shape index (κ2) is 8.34. The summed E-state index contributed by atoms with van der Waals surface area (Å²) in [7, 11) is 1.97. The van der Waals surface area contributed by atoms with Crippen molar-refractivity contribution in [1.82, 2.24) is 15.1 Å². The Morgan fingerprint density at radius 3 is 2.83 bits per heavy atom. The van der Waals surface area contributed by atoms with Crippen LogP contribution in [0.1, 0.15) is 56.4 Å². The number of thiophene rings is 1. The topological polar surface area (TPSA) is 35.6 Å². The predicted molar refractivity (Wildman–Crippen MR) is 100 cm³/mol. The van der Waals surface area contributed by atoms with Gasteiger partial charge in [-0.05, 0) is 56.1 Å². The first-order chi connectivity index (χ1) is 11.6. The first-order valence-corrected chi connectivity index (χ1v) is 10.3. The highest BCUT2D eigenvalue weighted by molar-refractivity contribution is 7.10.